The van der Waals surface area contributed by atoms with Gasteiger partial charge >= 0.3 is 0 Å². The van der Waals surface area contributed by atoms with Crippen LogP contribution in [0.5, 0.6) is 0 Å². The SMILES string of the molecule is O=C(NCCCc1ccc(CCO)cc1)c1cc(NC(=O)c2cc(-c3ccccn3)c(Cl)cc2Cl)n(-c2ccccc2)n1. The normalized spacial score (nSPS) is 10.9. The maximum Gasteiger partial charge on any atom is 0.271 e. The van der Waals surface area contributed by atoms with Crippen molar-refractivity contribution in [2.45, 2.75) is 19.3 Å². The predicted molar refractivity (Wildman–Crippen MR) is 169 cm³/mol. The molecule has 0 unspecified atom stereocenters. The lowest BCUT2D eigenvalue weighted by Gasteiger charge is -2.12. The van der Waals surface area contributed by atoms with Crippen molar-refractivity contribution in [3.63, 3.8) is 0 Å². The second-order valence-electron chi connectivity index (χ2n) is 9.79. The molecule has 3 N–H and O–H groups in total. The van der Waals surface area contributed by atoms with E-state index in [1.165, 1.54) is 16.8 Å². The Morgan fingerprint density at radius 2 is 1.53 bits per heavy atom. The number of nitrogens with one attached hydrogen (secondary N) is 2. The highest BCUT2D eigenvalue weighted by Crippen LogP contribution is 2.32. The average Bonchev–Trinajstić information content (AvgIpc) is 3.45. The van der Waals surface area contributed by atoms with Gasteiger partial charge in [-0.15, -0.1) is 0 Å². The van der Waals surface area contributed by atoms with Crippen LogP contribution in [0, 0.1) is 0 Å². The number of carbonyl (C=O) groups excluding carboxylic acids is 2. The number of para-hydroxylation sites is 1. The Bertz CT molecular complexity index is 1710. The third-order valence-electron chi connectivity index (χ3n) is 6.78. The van der Waals surface area contributed by atoms with Crippen molar-refractivity contribution in [2.24, 2.45) is 0 Å². The molecule has 43 heavy (non-hydrogen) atoms. The lowest BCUT2D eigenvalue weighted by atomic mass is 10.1. The summed E-state index contributed by atoms with van der Waals surface area (Å²) in [6, 6.07) is 27.3. The summed E-state index contributed by atoms with van der Waals surface area (Å²) in [5.41, 5.74) is 4.43. The molecule has 5 aromatic rings. The number of aryl methyl sites for hydroxylation is 1. The van der Waals surface area contributed by atoms with Gasteiger partial charge in [-0.3, -0.25) is 14.6 Å². The number of pyridine rings is 1. The second-order valence-corrected chi connectivity index (χ2v) is 10.6. The van der Waals surface area contributed by atoms with E-state index in [-0.39, 0.29) is 28.8 Å². The fourth-order valence-corrected chi connectivity index (χ4v) is 5.12. The first-order chi connectivity index (χ1) is 20.9. The summed E-state index contributed by atoms with van der Waals surface area (Å²) >= 11 is 12.9. The minimum atomic E-state index is -0.493. The van der Waals surface area contributed by atoms with Crippen molar-refractivity contribution in [3.05, 3.63) is 130 Å². The molecule has 0 aliphatic rings. The lowest BCUT2D eigenvalue weighted by Crippen LogP contribution is -2.25. The monoisotopic (exact) mass is 613 g/mol. The summed E-state index contributed by atoms with van der Waals surface area (Å²) in [5.74, 6) is -0.548. The van der Waals surface area contributed by atoms with E-state index >= 15 is 0 Å². The van der Waals surface area contributed by atoms with Gasteiger partial charge in [0, 0.05) is 31.0 Å². The van der Waals surface area contributed by atoms with Gasteiger partial charge < -0.3 is 15.7 Å². The van der Waals surface area contributed by atoms with E-state index in [4.69, 9.17) is 28.3 Å². The second kappa shape index (κ2) is 14.1. The van der Waals surface area contributed by atoms with Gasteiger partial charge in [0.05, 0.1) is 27.0 Å². The number of hydrogen-bond acceptors (Lipinski definition) is 5. The van der Waals surface area contributed by atoms with Crippen LogP contribution in [0.1, 0.15) is 38.4 Å². The number of halogens is 2. The van der Waals surface area contributed by atoms with Crippen LogP contribution < -0.4 is 10.6 Å². The van der Waals surface area contributed by atoms with Gasteiger partial charge in [-0.2, -0.15) is 5.10 Å². The molecule has 0 saturated heterocycles. The van der Waals surface area contributed by atoms with Crippen LogP contribution in [0.25, 0.3) is 16.9 Å². The minimum Gasteiger partial charge on any atom is -0.396 e. The molecule has 0 radical (unpaired) electrons. The van der Waals surface area contributed by atoms with Crippen LogP contribution in [-0.2, 0) is 12.8 Å². The van der Waals surface area contributed by atoms with Gasteiger partial charge in [-0.1, -0.05) is 71.7 Å². The Kier molecular flexibility index (Phi) is 9.84. The van der Waals surface area contributed by atoms with Gasteiger partial charge in [-0.25, -0.2) is 4.68 Å². The van der Waals surface area contributed by atoms with Crippen LogP contribution in [0.3, 0.4) is 0 Å². The quantitative estimate of drug-likeness (QED) is 0.150. The molecular weight excluding hydrogens is 585 g/mol. The zero-order valence-electron chi connectivity index (χ0n) is 23.1. The topological polar surface area (TPSA) is 109 Å². The first-order valence-electron chi connectivity index (χ1n) is 13.8. The molecule has 3 aromatic carbocycles. The number of benzene rings is 3. The van der Waals surface area contributed by atoms with Crippen molar-refractivity contribution in [2.75, 3.05) is 18.5 Å². The summed E-state index contributed by atoms with van der Waals surface area (Å²) in [7, 11) is 0. The number of aliphatic hydroxyl groups excluding tert-OH is 1. The molecular formula is C33H29Cl2N5O3. The number of amides is 2. The summed E-state index contributed by atoms with van der Waals surface area (Å²) in [6.07, 6.45) is 3.80. The smallest absolute Gasteiger partial charge is 0.271 e. The number of aromatic nitrogens is 3. The maximum atomic E-state index is 13.5. The Hall–Kier alpha value is -4.50. The standard InChI is InChI=1S/C33H29Cl2N5O3/c34-27-20-28(35)26(19-25(27)29-10-4-5-16-36-29)32(42)38-31-21-30(39-40(31)24-8-2-1-3-9-24)33(43)37-17-6-7-22-11-13-23(14-12-22)15-18-41/h1-5,8-14,16,19-21,41H,6-7,15,17-18H2,(H,37,43)(H,38,42). The van der Waals surface area contributed by atoms with Crippen LogP contribution in [-0.4, -0.2) is 44.8 Å². The van der Waals surface area contributed by atoms with Gasteiger partial charge in [0.25, 0.3) is 11.8 Å². The molecule has 0 saturated carbocycles. The van der Waals surface area contributed by atoms with E-state index in [2.05, 4.69) is 20.7 Å². The highest BCUT2D eigenvalue weighted by atomic mass is 35.5. The van der Waals surface area contributed by atoms with Gasteiger partial charge in [0.15, 0.2) is 5.69 Å². The molecule has 5 rings (SSSR count). The summed E-state index contributed by atoms with van der Waals surface area (Å²) in [6.45, 7) is 0.576. The Labute approximate surface area is 259 Å². The molecule has 0 aliphatic carbocycles. The summed E-state index contributed by atoms with van der Waals surface area (Å²) < 4.78 is 1.50. The van der Waals surface area contributed by atoms with E-state index in [1.807, 2.05) is 60.7 Å². The fourth-order valence-electron chi connectivity index (χ4n) is 4.56. The van der Waals surface area contributed by atoms with E-state index < -0.39 is 5.91 Å². The van der Waals surface area contributed by atoms with Gasteiger partial charge in [0.1, 0.15) is 5.82 Å². The molecule has 2 aromatic heterocycles. The molecule has 0 bridgehead atoms. The van der Waals surface area contributed by atoms with Crippen LogP contribution in [0.2, 0.25) is 10.0 Å². The highest BCUT2D eigenvalue weighted by molar-refractivity contribution is 6.38. The molecule has 0 fully saturated rings. The molecule has 0 spiro atoms. The van der Waals surface area contributed by atoms with Gasteiger partial charge in [-0.05, 0) is 66.8 Å². The number of nitrogens with zero attached hydrogens (tertiary/aromatic N) is 3. The minimum absolute atomic E-state index is 0.124. The number of carbonyl (C=O) groups is 2. The number of anilines is 1. The molecule has 0 aliphatic heterocycles. The Morgan fingerprint density at radius 1 is 0.814 bits per heavy atom. The van der Waals surface area contributed by atoms with E-state index in [0.29, 0.717) is 40.8 Å². The third kappa shape index (κ3) is 7.48. The van der Waals surface area contributed by atoms with E-state index in [9.17, 15) is 9.59 Å². The van der Waals surface area contributed by atoms with Gasteiger partial charge in [0.2, 0.25) is 0 Å². The van der Waals surface area contributed by atoms with E-state index in [1.54, 1.807) is 24.4 Å². The Balaban J connectivity index is 1.31. The molecule has 10 heteroatoms. The molecule has 2 amide bonds. The number of rotatable bonds is 11. The van der Waals surface area contributed by atoms with Crippen molar-refractivity contribution < 1.29 is 14.7 Å². The molecule has 8 nitrogen and oxygen atoms in total. The first kappa shape index (κ1) is 30.0. The van der Waals surface area contributed by atoms with Crippen molar-refractivity contribution in [1.82, 2.24) is 20.1 Å². The van der Waals surface area contributed by atoms with E-state index in [0.717, 1.165) is 24.0 Å². The molecule has 218 valence electrons. The third-order valence-corrected chi connectivity index (χ3v) is 7.40. The molecule has 0 atom stereocenters. The summed E-state index contributed by atoms with van der Waals surface area (Å²) in [5, 5.41) is 19.9. The summed E-state index contributed by atoms with van der Waals surface area (Å²) in [4.78, 5) is 30.9. The van der Waals surface area contributed by atoms with Crippen molar-refractivity contribution in [1.29, 1.82) is 0 Å². The van der Waals surface area contributed by atoms with Crippen LogP contribution in [0.4, 0.5) is 5.82 Å². The Morgan fingerprint density at radius 3 is 2.23 bits per heavy atom. The zero-order chi connectivity index (χ0) is 30.2. The lowest BCUT2D eigenvalue weighted by molar-refractivity contribution is 0.0947. The zero-order valence-corrected chi connectivity index (χ0v) is 24.6. The maximum absolute atomic E-state index is 13.5. The number of hydrogen-bond donors (Lipinski definition) is 3. The predicted octanol–water partition coefficient (Wildman–Crippen LogP) is 6.39. The van der Waals surface area contributed by atoms with Crippen molar-refractivity contribution in [3.8, 4) is 16.9 Å². The highest BCUT2D eigenvalue weighted by Gasteiger charge is 2.20. The van der Waals surface area contributed by atoms with Crippen molar-refractivity contribution >= 4 is 40.8 Å². The van der Waals surface area contributed by atoms with Crippen LogP contribution >= 0.6 is 23.2 Å². The fraction of sp³-hybridized carbons (Fsp3) is 0.152. The molecule has 2 heterocycles. The first-order valence-corrected chi connectivity index (χ1v) is 14.5. The average molecular weight is 615 g/mol. The number of aliphatic hydroxyl groups is 1. The largest absolute Gasteiger partial charge is 0.396 e. The van der Waals surface area contributed by atoms with Crippen LogP contribution in [0.15, 0.2) is 97.2 Å².